The number of phenols is 1. The molecule has 2 aliphatic heterocycles. The molecule has 12 nitrogen and oxygen atoms in total. The fraction of sp³-hybridized carbons (Fsp3) is 0.333. The molecule has 3 N–H and O–H groups in total. The van der Waals surface area contributed by atoms with Crippen LogP contribution in [0.15, 0.2) is 64.8 Å². The standard InChI is InChI=1S/C36H28BrCl2F3N4O8/c1-54-25-11-15(10-23(37)29(25)49)28-19-6-7-20-27(33(52)45(31(20)50)9-8-26(47)48)21(19)13-22-32(51)46(34(53)35(22,28)16-2-4-18(38)5-3-16)44-30-24(39)12-17(14-43-30)36(40,41)42/h2-6,10-12,14,20-22,27-28,49H,7-9,13H2,1H3,(H,43,44)(H,47,48). The number of phenolic OH excluding ortho intramolecular Hbond substituents is 1. The third-order valence-electron chi connectivity index (χ3n) is 10.8. The molecule has 1 aromatic heterocycles. The van der Waals surface area contributed by atoms with Crippen molar-refractivity contribution in [3.63, 3.8) is 0 Å². The summed E-state index contributed by atoms with van der Waals surface area (Å²) in [5, 5.41) is 20.5. The van der Waals surface area contributed by atoms with Gasteiger partial charge in [0.15, 0.2) is 17.3 Å². The molecule has 1 saturated carbocycles. The number of allylic oxidation sites excluding steroid dienone is 2. The van der Waals surface area contributed by atoms with E-state index in [0.29, 0.717) is 39.0 Å². The number of anilines is 1. The molecule has 6 atom stereocenters. The SMILES string of the molecule is COc1cc(C2C3=CCC4C(=O)N(CCC(=O)O)C(=O)C4C3CC3C(=O)N(Nc4ncc(C(F)(F)F)cc4Cl)C(=O)C32c2ccc(Cl)cc2)cc(Br)c1O. The minimum Gasteiger partial charge on any atom is -0.503 e. The fourth-order valence-corrected chi connectivity index (χ4v) is 9.36. The van der Waals surface area contributed by atoms with Gasteiger partial charge in [0, 0.05) is 23.7 Å². The molecular formula is C36H28BrCl2F3N4O8. The number of aromatic hydroxyl groups is 1. The number of aromatic nitrogens is 1. The number of carboxylic acid groups (broad SMARTS) is 1. The van der Waals surface area contributed by atoms with E-state index in [1.807, 2.05) is 0 Å². The van der Waals surface area contributed by atoms with E-state index in [-0.39, 0.29) is 35.4 Å². The summed E-state index contributed by atoms with van der Waals surface area (Å²) in [5.74, 6) is -9.67. The number of nitrogens with one attached hydrogen (secondary N) is 1. The van der Waals surface area contributed by atoms with Crippen LogP contribution in [0.2, 0.25) is 10.0 Å². The van der Waals surface area contributed by atoms with Crippen LogP contribution in [0.1, 0.15) is 41.9 Å². The summed E-state index contributed by atoms with van der Waals surface area (Å²) in [6.07, 6.45) is -3.05. The van der Waals surface area contributed by atoms with Crippen LogP contribution in [0, 0.1) is 23.7 Å². The lowest BCUT2D eigenvalue weighted by Crippen LogP contribution is -2.53. The van der Waals surface area contributed by atoms with Crippen LogP contribution in [-0.2, 0) is 35.6 Å². The van der Waals surface area contributed by atoms with Gasteiger partial charge in [-0.3, -0.25) is 34.3 Å². The largest absolute Gasteiger partial charge is 0.503 e. The second kappa shape index (κ2) is 13.6. The topological polar surface area (TPSA) is 166 Å². The lowest BCUT2D eigenvalue weighted by molar-refractivity contribution is -0.143. The number of benzene rings is 2. The first-order valence-corrected chi connectivity index (χ1v) is 18.0. The van der Waals surface area contributed by atoms with Crippen molar-refractivity contribution in [3.05, 3.63) is 91.5 Å². The van der Waals surface area contributed by atoms with Crippen LogP contribution in [0.25, 0.3) is 0 Å². The molecule has 54 heavy (non-hydrogen) atoms. The molecule has 3 heterocycles. The van der Waals surface area contributed by atoms with Gasteiger partial charge in [-0.15, -0.1) is 0 Å². The molecule has 0 spiro atoms. The number of halogens is 6. The highest BCUT2D eigenvalue weighted by Crippen LogP contribution is 2.64. The van der Waals surface area contributed by atoms with Crippen molar-refractivity contribution in [1.82, 2.24) is 14.9 Å². The number of hydrazine groups is 1. The Morgan fingerprint density at radius 3 is 2.41 bits per heavy atom. The van der Waals surface area contributed by atoms with Gasteiger partial charge >= 0.3 is 12.1 Å². The number of methoxy groups -OCH3 is 1. The summed E-state index contributed by atoms with van der Waals surface area (Å²) < 4.78 is 46.0. The van der Waals surface area contributed by atoms with Crippen molar-refractivity contribution in [2.45, 2.75) is 36.8 Å². The van der Waals surface area contributed by atoms with Crippen LogP contribution in [0.3, 0.4) is 0 Å². The van der Waals surface area contributed by atoms with Crippen molar-refractivity contribution in [1.29, 1.82) is 0 Å². The normalized spacial score (nSPS) is 26.4. The molecule has 3 fully saturated rings. The van der Waals surface area contributed by atoms with Gasteiger partial charge in [-0.2, -0.15) is 18.2 Å². The molecule has 4 amide bonds. The Labute approximate surface area is 323 Å². The van der Waals surface area contributed by atoms with Crippen LogP contribution in [0.4, 0.5) is 19.0 Å². The maximum absolute atomic E-state index is 15.3. The summed E-state index contributed by atoms with van der Waals surface area (Å²) in [6, 6.07) is 9.88. The molecule has 2 aromatic carbocycles. The first-order valence-electron chi connectivity index (χ1n) is 16.5. The average molecular weight is 852 g/mol. The number of likely N-dealkylation sites (tertiary alicyclic amines) is 1. The van der Waals surface area contributed by atoms with E-state index in [0.717, 1.165) is 4.90 Å². The molecule has 0 radical (unpaired) electrons. The third kappa shape index (κ3) is 5.80. The van der Waals surface area contributed by atoms with Gasteiger partial charge in [0.1, 0.15) is 0 Å². The summed E-state index contributed by atoms with van der Waals surface area (Å²) in [6.45, 7) is -0.346. The van der Waals surface area contributed by atoms with Crippen molar-refractivity contribution < 1.29 is 52.1 Å². The Hall–Kier alpha value is -4.67. The number of aliphatic carboxylic acids is 1. The number of amides is 4. The summed E-state index contributed by atoms with van der Waals surface area (Å²) in [7, 11) is 1.32. The molecule has 2 saturated heterocycles. The van der Waals surface area contributed by atoms with Crippen LogP contribution >= 0.6 is 39.1 Å². The number of pyridine rings is 1. The Morgan fingerprint density at radius 2 is 1.78 bits per heavy atom. The zero-order valence-electron chi connectivity index (χ0n) is 27.9. The second-order valence-electron chi connectivity index (χ2n) is 13.4. The minimum atomic E-state index is -4.78. The maximum atomic E-state index is 15.3. The first-order chi connectivity index (χ1) is 25.5. The van der Waals surface area contributed by atoms with Crippen molar-refractivity contribution in [2.75, 3.05) is 19.1 Å². The monoisotopic (exact) mass is 850 g/mol. The predicted octanol–water partition coefficient (Wildman–Crippen LogP) is 6.34. The highest BCUT2D eigenvalue weighted by Gasteiger charge is 2.70. The summed E-state index contributed by atoms with van der Waals surface area (Å²) in [5.41, 5.74) is 0.827. The predicted molar refractivity (Wildman–Crippen MR) is 188 cm³/mol. The molecule has 4 aliphatic rings. The number of ether oxygens (including phenoxy) is 1. The maximum Gasteiger partial charge on any atom is 0.417 e. The number of carboxylic acids is 1. The lowest BCUT2D eigenvalue weighted by Gasteiger charge is -2.50. The van der Waals surface area contributed by atoms with Gasteiger partial charge in [-0.05, 0) is 76.1 Å². The molecular weight excluding hydrogens is 824 g/mol. The van der Waals surface area contributed by atoms with Gasteiger partial charge in [0.25, 0.3) is 11.8 Å². The van der Waals surface area contributed by atoms with Crippen molar-refractivity contribution in [2.24, 2.45) is 23.7 Å². The summed E-state index contributed by atoms with van der Waals surface area (Å²) in [4.78, 5) is 73.8. The van der Waals surface area contributed by atoms with Crippen LogP contribution in [0.5, 0.6) is 11.5 Å². The van der Waals surface area contributed by atoms with E-state index in [4.69, 9.17) is 27.9 Å². The Morgan fingerprint density at radius 1 is 1.07 bits per heavy atom. The highest BCUT2D eigenvalue weighted by molar-refractivity contribution is 9.10. The molecule has 18 heteroatoms. The number of hydrogen-bond acceptors (Lipinski definition) is 9. The molecule has 6 unspecified atom stereocenters. The number of nitrogens with zero attached hydrogens (tertiary/aromatic N) is 3. The Balaban J connectivity index is 1.44. The average Bonchev–Trinajstić information content (AvgIpc) is 3.49. The highest BCUT2D eigenvalue weighted by atomic mass is 79.9. The van der Waals surface area contributed by atoms with Gasteiger partial charge in [-0.1, -0.05) is 47.0 Å². The van der Waals surface area contributed by atoms with Gasteiger partial charge < -0.3 is 14.9 Å². The first kappa shape index (κ1) is 37.6. The van der Waals surface area contributed by atoms with Crippen LogP contribution < -0.4 is 10.2 Å². The van der Waals surface area contributed by atoms with Gasteiger partial charge in [-0.25, -0.2) is 4.98 Å². The number of carbonyl (C=O) groups is 5. The van der Waals surface area contributed by atoms with Crippen molar-refractivity contribution in [3.8, 4) is 11.5 Å². The Kier molecular flexibility index (Phi) is 9.46. The zero-order valence-corrected chi connectivity index (χ0v) is 31.0. The number of imide groups is 2. The molecule has 3 aromatic rings. The number of rotatable bonds is 8. The van der Waals surface area contributed by atoms with Crippen LogP contribution in [-0.4, -0.2) is 68.4 Å². The number of hydrogen-bond donors (Lipinski definition) is 3. The van der Waals surface area contributed by atoms with E-state index >= 15 is 4.79 Å². The smallest absolute Gasteiger partial charge is 0.417 e. The quantitative estimate of drug-likeness (QED) is 0.172. The number of fused-ring (bicyclic) bond motifs is 4. The van der Waals surface area contributed by atoms with Gasteiger partial charge in [0.2, 0.25) is 11.8 Å². The zero-order chi connectivity index (χ0) is 39.0. The van der Waals surface area contributed by atoms with E-state index < -0.39 is 93.6 Å². The Bertz CT molecular complexity index is 2170. The third-order valence-corrected chi connectivity index (χ3v) is 11.9. The van der Waals surface area contributed by atoms with E-state index in [1.165, 1.54) is 25.3 Å². The lowest BCUT2D eigenvalue weighted by atomic mass is 9.49. The molecule has 2 aliphatic carbocycles. The second-order valence-corrected chi connectivity index (χ2v) is 15.1. The minimum absolute atomic E-state index is 0.0121. The van der Waals surface area contributed by atoms with E-state index in [9.17, 15) is 42.6 Å². The fourth-order valence-electron chi connectivity index (χ4n) is 8.57. The van der Waals surface area contributed by atoms with Crippen molar-refractivity contribution >= 4 is 74.5 Å². The molecule has 0 bridgehead atoms. The number of carbonyl (C=O) groups excluding carboxylic acids is 4. The molecule has 7 rings (SSSR count). The van der Waals surface area contributed by atoms with E-state index in [2.05, 4.69) is 26.3 Å². The summed E-state index contributed by atoms with van der Waals surface area (Å²) >= 11 is 15.9. The molecule has 282 valence electrons. The van der Waals surface area contributed by atoms with Gasteiger partial charge in [0.05, 0.1) is 51.8 Å². The van der Waals surface area contributed by atoms with E-state index in [1.54, 1.807) is 24.3 Å². The number of alkyl halides is 3.